The molecule has 1 aromatic heterocycles. The number of nitrogens with one attached hydrogen (secondary N) is 1. The molecule has 0 fully saturated rings. The Bertz CT molecular complexity index is 714. The van der Waals surface area contributed by atoms with Crippen LogP contribution in [0.3, 0.4) is 0 Å². The Morgan fingerprint density at radius 1 is 0.947 bits per heavy atom. The second-order valence-electron chi connectivity index (χ2n) is 4.32. The molecule has 0 aliphatic rings. The Morgan fingerprint density at radius 3 is 2.37 bits per heavy atom. The van der Waals surface area contributed by atoms with E-state index in [1.54, 1.807) is 6.07 Å². The first-order valence-electron chi connectivity index (χ1n) is 5.77. The number of aromatic amines is 1. The van der Waals surface area contributed by atoms with E-state index in [0.29, 0.717) is 11.3 Å². The zero-order chi connectivity index (χ0) is 13.5. The molecule has 2 aromatic carbocycles. The molecule has 19 heavy (non-hydrogen) atoms. The summed E-state index contributed by atoms with van der Waals surface area (Å²) in [6.07, 6.45) is 0. The van der Waals surface area contributed by atoms with Crippen LogP contribution in [0.25, 0.3) is 22.4 Å². The lowest BCUT2D eigenvalue weighted by Crippen LogP contribution is -2.23. The van der Waals surface area contributed by atoms with Gasteiger partial charge in [-0.25, -0.2) is 4.98 Å². The number of imidazole rings is 1. The van der Waals surface area contributed by atoms with Crippen LogP contribution < -0.4 is 0 Å². The SMILES string of the molecule is OC(O)(O)c1ccc2[nH]c(-c3ccccc3)nc2c1. The molecule has 0 atom stereocenters. The van der Waals surface area contributed by atoms with Crippen molar-refractivity contribution >= 4 is 11.0 Å². The molecule has 96 valence electrons. The quantitative estimate of drug-likeness (QED) is 0.520. The highest BCUT2D eigenvalue weighted by Gasteiger charge is 2.22. The molecule has 0 unspecified atom stereocenters. The highest BCUT2D eigenvalue weighted by molar-refractivity contribution is 5.80. The third kappa shape index (κ3) is 2.22. The summed E-state index contributed by atoms with van der Waals surface area (Å²) in [4.78, 5) is 7.50. The van der Waals surface area contributed by atoms with E-state index in [1.807, 2.05) is 30.3 Å². The van der Waals surface area contributed by atoms with Crippen molar-refractivity contribution in [2.24, 2.45) is 0 Å². The Labute approximate surface area is 108 Å². The minimum atomic E-state index is -2.85. The van der Waals surface area contributed by atoms with Crippen LogP contribution in [-0.4, -0.2) is 25.3 Å². The van der Waals surface area contributed by atoms with Crippen molar-refractivity contribution in [1.82, 2.24) is 9.97 Å². The van der Waals surface area contributed by atoms with E-state index in [4.69, 9.17) is 15.3 Å². The average molecular weight is 256 g/mol. The van der Waals surface area contributed by atoms with Crippen LogP contribution >= 0.6 is 0 Å². The van der Waals surface area contributed by atoms with Crippen molar-refractivity contribution in [3.8, 4) is 11.4 Å². The molecule has 0 aliphatic carbocycles. The minimum Gasteiger partial charge on any atom is -0.340 e. The normalized spacial score (nSPS) is 11.9. The van der Waals surface area contributed by atoms with Crippen LogP contribution in [0, 0.1) is 0 Å². The lowest BCUT2D eigenvalue weighted by Gasteiger charge is -2.13. The lowest BCUT2D eigenvalue weighted by atomic mass is 10.1. The minimum absolute atomic E-state index is 0.0221. The maximum absolute atomic E-state index is 9.15. The van der Waals surface area contributed by atoms with Crippen molar-refractivity contribution in [2.75, 3.05) is 0 Å². The molecule has 0 amide bonds. The number of aliphatic hydroxyl groups is 3. The van der Waals surface area contributed by atoms with Gasteiger partial charge in [-0.2, -0.15) is 0 Å². The third-order valence-electron chi connectivity index (χ3n) is 2.92. The molecule has 5 heteroatoms. The predicted octanol–water partition coefficient (Wildman–Crippen LogP) is 1.32. The van der Waals surface area contributed by atoms with Gasteiger partial charge in [0.2, 0.25) is 0 Å². The summed E-state index contributed by atoms with van der Waals surface area (Å²) < 4.78 is 0. The zero-order valence-electron chi connectivity index (χ0n) is 9.91. The Morgan fingerprint density at radius 2 is 1.68 bits per heavy atom. The van der Waals surface area contributed by atoms with Gasteiger partial charge in [-0.15, -0.1) is 0 Å². The summed E-state index contributed by atoms with van der Waals surface area (Å²) in [5.41, 5.74) is 2.22. The van der Waals surface area contributed by atoms with E-state index in [0.717, 1.165) is 11.1 Å². The Hall–Kier alpha value is -2.21. The van der Waals surface area contributed by atoms with E-state index in [2.05, 4.69) is 9.97 Å². The maximum Gasteiger partial charge on any atom is 0.304 e. The van der Waals surface area contributed by atoms with E-state index >= 15 is 0 Å². The van der Waals surface area contributed by atoms with Crippen molar-refractivity contribution in [3.05, 3.63) is 54.1 Å². The number of aromatic nitrogens is 2. The van der Waals surface area contributed by atoms with Gasteiger partial charge in [0.25, 0.3) is 0 Å². The number of hydrogen-bond acceptors (Lipinski definition) is 4. The van der Waals surface area contributed by atoms with Gasteiger partial charge in [0.1, 0.15) is 5.82 Å². The molecule has 0 saturated heterocycles. The van der Waals surface area contributed by atoms with Gasteiger partial charge in [0.05, 0.1) is 11.0 Å². The first kappa shape index (κ1) is 11.9. The molecule has 3 rings (SSSR count). The highest BCUT2D eigenvalue weighted by Crippen LogP contribution is 2.23. The van der Waals surface area contributed by atoms with Crippen LogP contribution in [0.2, 0.25) is 0 Å². The largest absolute Gasteiger partial charge is 0.340 e. The van der Waals surface area contributed by atoms with Gasteiger partial charge in [0, 0.05) is 11.1 Å². The number of rotatable bonds is 2. The average Bonchev–Trinajstić information content (AvgIpc) is 2.81. The van der Waals surface area contributed by atoms with Gasteiger partial charge < -0.3 is 20.3 Å². The summed E-state index contributed by atoms with van der Waals surface area (Å²) in [5, 5.41) is 27.4. The first-order chi connectivity index (χ1) is 9.04. The number of nitrogens with zero attached hydrogens (tertiary/aromatic N) is 1. The number of hydrogen-bond donors (Lipinski definition) is 4. The molecule has 4 N–H and O–H groups in total. The van der Waals surface area contributed by atoms with Gasteiger partial charge >= 0.3 is 5.97 Å². The van der Waals surface area contributed by atoms with Crippen LogP contribution in [0.5, 0.6) is 0 Å². The number of H-pyrrole nitrogens is 1. The van der Waals surface area contributed by atoms with E-state index in [9.17, 15) is 0 Å². The van der Waals surface area contributed by atoms with Gasteiger partial charge in [-0.05, 0) is 18.2 Å². The zero-order valence-corrected chi connectivity index (χ0v) is 9.91. The number of benzene rings is 2. The molecule has 0 radical (unpaired) electrons. The summed E-state index contributed by atoms with van der Waals surface area (Å²) in [5.74, 6) is -2.16. The predicted molar refractivity (Wildman–Crippen MR) is 69.9 cm³/mol. The number of fused-ring (bicyclic) bond motifs is 1. The van der Waals surface area contributed by atoms with Crippen LogP contribution in [0.1, 0.15) is 5.56 Å². The maximum atomic E-state index is 9.15. The topological polar surface area (TPSA) is 89.4 Å². The monoisotopic (exact) mass is 256 g/mol. The van der Waals surface area contributed by atoms with Crippen molar-refractivity contribution in [1.29, 1.82) is 0 Å². The summed E-state index contributed by atoms with van der Waals surface area (Å²) in [6.45, 7) is 0. The molecule has 0 bridgehead atoms. The van der Waals surface area contributed by atoms with Gasteiger partial charge in [-0.3, -0.25) is 0 Å². The van der Waals surface area contributed by atoms with Crippen LogP contribution in [0.4, 0.5) is 0 Å². The fraction of sp³-hybridized carbons (Fsp3) is 0.0714. The second kappa shape index (κ2) is 4.17. The molecular weight excluding hydrogens is 244 g/mol. The molecular formula is C14H12N2O3. The Kier molecular flexibility index (Phi) is 2.60. The molecule has 3 aromatic rings. The molecule has 1 heterocycles. The molecule has 0 saturated carbocycles. The second-order valence-corrected chi connectivity index (χ2v) is 4.32. The van der Waals surface area contributed by atoms with E-state index < -0.39 is 5.97 Å². The van der Waals surface area contributed by atoms with E-state index in [-0.39, 0.29) is 5.56 Å². The van der Waals surface area contributed by atoms with Gasteiger partial charge in [-0.1, -0.05) is 30.3 Å². The first-order valence-corrected chi connectivity index (χ1v) is 5.77. The lowest BCUT2D eigenvalue weighted by molar-refractivity contribution is -0.323. The van der Waals surface area contributed by atoms with Gasteiger partial charge in [0.15, 0.2) is 0 Å². The summed E-state index contributed by atoms with van der Waals surface area (Å²) in [7, 11) is 0. The fourth-order valence-electron chi connectivity index (χ4n) is 1.95. The summed E-state index contributed by atoms with van der Waals surface area (Å²) >= 11 is 0. The molecule has 0 aliphatic heterocycles. The molecule has 0 spiro atoms. The fourth-order valence-corrected chi connectivity index (χ4v) is 1.95. The van der Waals surface area contributed by atoms with Crippen LogP contribution in [0.15, 0.2) is 48.5 Å². The van der Waals surface area contributed by atoms with Crippen molar-refractivity contribution in [2.45, 2.75) is 5.97 Å². The summed E-state index contributed by atoms with van der Waals surface area (Å²) in [6, 6.07) is 14.1. The van der Waals surface area contributed by atoms with Crippen molar-refractivity contribution < 1.29 is 15.3 Å². The van der Waals surface area contributed by atoms with E-state index in [1.165, 1.54) is 12.1 Å². The molecule has 5 nitrogen and oxygen atoms in total. The standard InChI is InChI=1S/C14H12N2O3/c17-14(18,19)10-6-7-11-12(8-10)16-13(15-11)9-4-2-1-3-5-9/h1-8,17-19H,(H,15,16). The Balaban J connectivity index is 2.12. The third-order valence-corrected chi connectivity index (χ3v) is 2.92. The smallest absolute Gasteiger partial charge is 0.304 e. The van der Waals surface area contributed by atoms with Crippen LogP contribution in [-0.2, 0) is 5.97 Å². The highest BCUT2D eigenvalue weighted by atomic mass is 16.7. The van der Waals surface area contributed by atoms with Crippen molar-refractivity contribution in [3.63, 3.8) is 0 Å².